The van der Waals surface area contributed by atoms with Crippen molar-refractivity contribution in [1.82, 2.24) is 24.6 Å². The number of rotatable bonds is 6. The number of para-hydroxylation sites is 1. The highest BCUT2D eigenvalue weighted by Crippen LogP contribution is 2.30. The van der Waals surface area contributed by atoms with Crippen LogP contribution in [0, 0.1) is 0 Å². The number of carbonyl (C=O) groups excluding carboxylic acids is 1. The molecule has 0 bridgehead atoms. The van der Waals surface area contributed by atoms with E-state index >= 15 is 0 Å². The topological polar surface area (TPSA) is 67.2 Å². The molecule has 2 aromatic carbocycles. The smallest absolute Gasteiger partial charge is 0.253 e. The summed E-state index contributed by atoms with van der Waals surface area (Å²) in [6, 6.07) is 18.2. The van der Waals surface area contributed by atoms with E-state index in [0.29, 0.717) is 6.54 Å². The fourth-order valence-electron chi connectivity index (χ4n) is 5.32. The molecule has 1 unspecified atom stereocenters. The van der Waals surface area contributed by atoms with E-state index in [1.165, 1.54) is 5.56 Å². The van der Waals surface area contributed by atoms with Gasteiger partial charge in [-0.15, -0.1) is 0 Å². The van der Waals surface area contributed by atoms with E-state index in [1.807, 2.05) is 58.2 Å². The van der Waals surface area contributed by atoms with Crippen molar-refractivity contribution < 1.29 is 4.79 Å². The zero-order valence-corrected chi connectivity index (χ0v) is 23.9. The molecule has 204 valence electrons. The van der Waals surface area contributed by atoms with E-state index in [-0.39, 0.29) is 17.2 Å². The van der Waals surface area contributed by atoms with Gasteiger partial charge in [-0.2, -0.15) is 5.10 Å². The number of amides is 1. The van der Waals surface area contributed by atoms with Crippen LogP contribution in [-0.2, 0) is 5.41 Å². The van der Waals surface area contributed by atoms with E-state index in [0.717, 1.165) is 72.8 Å². The molecule has 0 N–H and O–H groups in total. The SMILES string of the molecule is CCCC(C)c1nc(N2CCCN(C(=O)c3ccc(C(C)(C)C)cc3)CC2)c2cnn(-c3ccccc3)c2n1. The minimum absolute atomic E-state index is 0.0648. The lowest BCUT2D eigenvalue weighted by molar-refractivity contribution is 0.0767. The first kappa shape index (κ1) is 26.9. The zero-order valence-electron chi connectivity index (χ0n) is 23.9. The van der Waals surface area contributed by atoms with Gasteiger partial charge >= 0.3 is 0 Å². The van der Waals surface area contributed by atoms with Crippen LogP contribution in [0.2, 0.25) is 0 Å². The number of anilines is 1. The molecule has 0 saturated carbocycles. The Morgan fingerprint density at radius 1 is 0.949 bits per heavy atom. The molecule has 3 heterocycles. The molecular weight excluding hydrogens is 484 g/mol. The third-order valence-corrected chi connectivity index (χ3v) is 7.67. The van der Waals surface area contributed by atoms with Crippen LogP contribution < -0.4 is 4.90 Å². The van der Waals surface area contributed by atoms with Crippen LogP contribution in [-0.4, -0.2) is 56.7 Å². The fourth-order valence-corrected chi connectivity index (χ4v) is 5.32. The molecule has 39 heavy (non-hydrogen) atoms. The minimum Gasteiger partial charge on any atom is -0.354 e. The van der Waals surface area contributed by atoms with Crippen molar-refractivity contribution in [1.29, 1.82) is 0 Å². The second kappa shape index (κ2) is 11.2. The Labute approximate surface area is 231 Å². The Balaban J connectivity index is 1.43. The predicted octanol–water partition coefficient (Wildman–Crippen LogP) is 6.37. The van der Waals surface area contributed by atoms with Crippen molar-refractivity contribution in [2.24, 2.45) is 0 Å². The number of nitrogens with zero attached hydrogens (tertiary/aromatic N) is 6. The molecular formula is C32H40N6O. The van der Waals surface area contributed by atoms with Crippen LogP contribution in [0.1, 0.15) is 81.5 Å². The normalized spacial score (nSPS) is 15.4. The Morgan fingerprint density at radius 3 is 2.38 bits per heavy atom. The summed E-state index contributed by atoms with van der Waals surface area (Å²) < 4.78 is 1.91. The lowest BCUT2D eigenvalue weighted by atomic mass is 9.86. The van der Waals surface area contributed by atoms with E-state index in [9.17, 15) is 4.79 Å². The Hall–Kier alpha value is -3.74. The fraction of sp³-hybridized carbons (Fsp3) is 0.438. The molecule has 4 aromatic rings. The van der Waals surface area contributed by atoms with E-state index in [2.05, 4.69) is 51.7 Å². The molecule has 5 rings (SSSR count). The monoisotopic (exact) mass is 524 g/mol. The summed E-state index contributed by atoms with van der Waals surface area (Å²) in [4.78, 5) is 27.8. The third-order valence-electron chi connectivity index (χ3n) is 7.67. The molecule has 0 aliphatic carbocycles. The standard InChI is InChI=1S/C32H40N6O/c1-6-11-23(2)28-34-29(27-22-33-38(30(27)35-28)26-12-8-7-9-13-26)36-18-10-19-37(21-20-36)31(39)24-14-16-25(17-15-24)32(3,4)5/h7-9,12-17,22-23H,6,10-11,18-21H2,1-5H3. The van der Waals surface area contributed by atoms with Crippen LogP contribution >= 0.6 is 0 Å². The molecule has 7 heteroatoms. The van der Waals surface area contributed by atoms with Gasteiger partial charge in [-0.1, -0.05) is 71.4 Å². The second-order valence-electron chi connectivity index (χ2n) is 11.7. The lowest BCUT2D eigenvalue weighted by Crippen LogP contribution is -2.35. The molecule has 1 aliphatic heterocycles. The van der Waals surface area contributed by atoms with Crippen LogP contribution in [0.15, 0.2) is 60.8 Å². The first-order chi connectivity index (χ1) is 18.8. The molecule has 2 aromatic heterocycles. The lowest BCUT2D eigenvalue weighted by Gasteiger charge is -2.24. The van der Waals surface area contributed by atoms with Gasteiger partial charge in [0, 0.05) is 37.7 Å². The quantitative estimate of drug-likeness (QED) is 0.293. The van der Waals surface area contributed by atoms with Crippen molar-refractivity contribution >= 4 is 22.8 Å². The summed E-state index contributed by atoms with van der Waals surface area (Å²) in [7, 11) is 0. The van der Waals surface area contributed by atoms with Crippen molar-refractivity contribution in [3.8, 4) is 5.69 Å². The van der Waals surface area contributed by atoms with Gasteiger partial charge in [-0.25, -0.2) is 14.6 Å². The highest BCUT2D eigenvalue weighted by atomic mass is 16.2. The van der Waals surface area contributed by atoms with Gasteiger partial charge in [-0.05, 0) is 48.1 Å². The van der Waals surface area contributed by atoms with Crippen LogP contribution in [0.25, 0.3) is 16.7 Å². The van der Waals surface area contributed by atoms with Gasteiger partial charge in [0.25, 0.3) is 5.91 Å². The average Bonchev–Trinajstić information content (AvgIpc) is 3.21. The predicted molar refractivity (Wildman–Crippen MR) is 158 cm³/mol. The highest BCUT2D eigenvalue weighted by Gasteiger charge is 2.25. The largest absolute Gasteiger partial charge is 0.354 e. The number of hydrogen-bond donors (Lipinski definition) is 0. The summed E-state index contributed by atoms with van der Waals surface area (Å²) in [5.74, 6) is 2.12. The summed E-state index contributed by atoms with van der Waals surface area (Å²) in [6.07, 6.45) is 4.87. The van der Waals surface area contributed by atoms with Gasteiger partial charge in [0.2, 0.25) is 0 Å². The summed E-state index contributed by atoms with van der Waals surface area (Å²) >= 11 is 0. The molecule has 7 nitrogen and oxygen atoms in total. The maximum Gasteiger partial charge on any atom is 0.253 e. The number of hydrogen-bond acceptors (Lipinski definition) is 5. The maximum atomic E-state index is 13.4. The first-order valence-corrected chi connectivity index (χ1v) is 14.2. The van der Waals surface area contributed by atoms with Gasteiger partial charge in [0.1, 0.15) is 11.6 Å². The third kappa shape index (κ3) is 5.68. The van der Waals surface area contributed by atoms with Crippen LogP contribution in [0.4, 0.5) is 5.82 Å². The van der Waals surface area contributed by atoms with E-state index in [4.69, 9.17) is 15.1 Å². The van der Waals surface area contributed by atoms with Crippen molar-refractivity contribution in [2.45, 2.75) is 65.2 Å². The maximum absolute atomic E-state index is 13.4. The number of benzene rings is 2. The molecule has 1 atom stereocenters. The van der Waals surface area contributed by atoms with Gasteiger partial charge in [-0.3, -0.25) is 4.79 Å². The number of aromatic nitrogens is 4. The Kier molecular flexibility index (Phi) is 7.69. The van der Waals surface area contributed by atoms with Gasteiger partial charge in [0.05, 0.1) is 17.3 Å². The van der Waals surface area contributed by atoms with Gasteiger partial charge < -0.3 is 9.80 Å². The van der Waals surface area contributed by atoms with Crippen molar-refractivity contribution in [3.63, 3.8) is 0 Å². The molecule has 0 spiro atoms. The molecule has 0 radical (unpaired) electrons. The summed E-state index contributed by atoms with van der Waals surface area (Å²) in [5.41, 5.74) is 3.87. The zero-order chi connectivity index (χ0) is 27.6. The minimum atomic E-state index is 0.0648. The Morgan fingerprint density at radius 2 is 1.69 bits per heavy atom. The summed E-state index contributed by atoms with van der Waals surface area (Å²) in [5, 5.41) is 5.67. The summed E-state index contributed by atoms with van der Waals surface area (Å²) in [6.45, 7) is 13.9. The Bertz CT molecular complexity index is 1420. The van der Waals surface area contributed by atoms with E-state index < -0.39 is 0 Å². The van der Waals surface area contributed by atoms with Crippen LogP contribution in [0.5, 0.6) is 0 Å². The van der Waals surface area contributed by atoms with E-state index in [1.54, 1.807) is 0 Å². The number of carbonyl (C=O) groups is 1. The molecule has 1 aliphatic rings. The molecule has 1 saturated heterocycles. The first-order valence-electron chi connectivity index (χ1n) is 14.2. The highest BCUT2D eigenvalue weighted by molar-refractivity contribution is 5.94. The average molecular weight is 525 g/mol. The molecule has 1 amide bonds. The van der Waals surface area contributed by atoms with Gasteiger partial charge in [0.15, 0.2) is 5.65 Å². The van der Waals surface area contributed by atoms with Crippen molar-refractivity contribution in [3.05, 3.63) is 77.7 Å². The number of fused-ring (bicyclic) bond motifs is 1. The molecule has 1 fully saturated rings. The second-order valence-corrected chi connectivity index (χ2v) is 11.7. The van der Waals surface area contributed by atoms with Crippen molar-refractivity contribution in [2.75, 3.05) is 31.1 Å². The van der Waals surface area contributed by atoms with Crippen LogP contribution in [0.3, 0.4) is 0 Å².